The van der Waals surface area contributed by atoms with Crippen LogP contribution >= 0.6 is 15.9 Å². The Balaban J connectivity index is 2.19. The highest BCUT2D eigenvalue weighted by Gasteiger charge is 2.22. The van der Waals surface area contributed by atoms with E-state index in [0.717, 1.165) is 21.9 Å². The van der Waals surface area contributed by atoms with E-state index >= 15 is 0 Å². The maximum atomic E-state index is 12.8. The van der Waals surface area contributed by atoms with E-state index in [4.69, 9.17) is 0 Å². The minimum atomic E-state index is -3.40. The Hall–Kier alpha value is -1.86. The number of halogens is 1. The van der Waals surface area contributed by atoms with Gasteiger partial charge in [-0.25, -0.2) is 8.42 Å². The van der Waals surface area contributed by atoms with Crippen LogP contribution in [0.25, 0.3) is 0 Å². The van der Waals surface area contributed by atoms with Crippen molar-refractivity contribution in [3.05, 3.63) is 64.1 Å². The number of amides is 1. The SMILES string of the molecule is CCC(C(=O)NC(C)c1ccccc1NS(C)(=O)=O)c1ccc(Br)cc1. The second-order valence-electron chi connectivity index (χ2n) is 6.20. The van der Waals surface area contributed by atoms with Gasteiger partial charge in [-0.3, -0.25) is 9.52 Å². The van der Waals surface area contributed by atoms with E-state index in [1.165, 1.54) is 0 Å². The highest BCUT2D eigenvalue weighted by Crippen LogP contribution is 2.26. The molecule has 0 saturated carbocycles. The Bertz CT molecular complexity index is 867. The average Bonchev–Trinajstić information content (AvgIpc) is 2.56. The van der Waals surface area contributed by atoms with Gasteiger partial charge < -0.3 is 5.32 Å². The zero-order chi connectivity index (χ0) is 19.3. The Morgan fingerprint density at radius 2 is 1.73 bits per heavy atom. The molecule has 0 heterocycles. The minimum Gasteiger partial charge on any atom is -0.349 e. The van der Waals surface area contributed by atoms with Gasteiger partial charge in [0.05, 0.1) is 23.9 Å². The molecule has 0 bridgehead atoms. The predicted molar refractivity (Wildman–Crippen MR) is 109 cm³/mol. The van der Waals surface area contributed by atoms with Crippen LogP contribution in [0.1, 0.15) is 43.4 Å². The lowest BCUT2D eigenvalue weighted by molar-refractivity contribution is -0.123. The van der Waals surface area contributed by atoms with Crippen LogP contribution < -0.4 is 10.0 Å². The van der Waals surface area contributed by atoms with E-state index in [0.29, 0.717) is 12.1 Å². The Labute approximate surface area is 163 Å². The van der Waals surface area contributed by atoms with Gasteiger partial charge in [0.2, 0.25) is 15.9 Å². The number of para-hydroxylation sites is 1. The molecule has 2 unspecified atom stereocenters. The van der Waals surface area contributed by atoms with Crippen LogP contribution in [0.3, 0.4) is 0 Å². The molecule has 2 aromatic carbocycles. The van der Waals surface area contributed by atoms with Crippen molar-refractivity contribution in [3.8, 4) is 0 Å². The van der Waals surface area contributed by atoms with E-state index in [9.17, 15) is 13.2 Å². The molecule has 7 heteroatoms. The van der Waals surface area contributed by atoms with Crippen molar-refractivity contribution in [2.45, 2.75) is 32.2 Å². The third-order valence-electron chi connectivity index (χ3n) is 4.08. The largest absolute Gasteiger partial charge is 0.349 e. The second-order valence-corrected chi connectivity index (χ2v) is 8.87. The van der Waals surface area contributed by atoms with Gasteiger partial charge in [0.25, 0.3) is 0 Å². The summed E-state index contributed by atoms with van der Waals surface area (Å²) in [4.78, 5) is 12.8. The highest BCUT2D eigenvalue weighted by atomic mass is 79.9. The van der Waals surface area contributed by atoms with Gasteiger partial charge in [0.15, 0.2) is 0 Å². The first-order valence-corrected chi connectivity index (χ1v) is 11.0. The Morgan fingerprint density at radius 1 is 1.12 bits per heavy atom. The van der Waals surface area contributed by atoms with E-state index in [1.807, 2.05) is 44.2 Å². The Kier molecular flexibility index (Phi) is 6.83. The highest BCUT2D eigenvalue weighted by molar-refractivity contribution is 9.10. The van der Waals surface area contributed by atoms with Crippen LogP contribution in [-0.4, -0.2) is 20.6 Å². The van der Waals surface area contributed by atoms with Crippen molar-refractivity contribution in [2.75, 3.05) is 11.0 Å². The fourth-order valence-electron chi connectivity index (χ4n) is 2.83. The summed E-state index contributed by atoms with van der Waals surface area (Å²) >= 11 is 3.40. The van der Waals surface area contributed by atoms with E-state index < -0.39 is 10.0 Å². The molecule has 2 N–H and O–H groups in total. The maximum absolute atomic E-state index is 12.8. The molecule has 0 aliphatic carbocycles. The van der Waals surface area contributed by atoms with Gasteiger partial charge in [-0.1, -0.05) is 53.2 Å². The second kappa shape index (κ2) is 8.68. The summed E-state index contributed by atoms with van der Waals surface area (Å²) in [5.41, 5.74) is 2.14. The van der Waals surface area contributed by atoms with Crippen LogP contribution in [0.5, 0.6) is 0 Å². The lowest BCUT2D eigenvalue weighted by Crippen LogP contribution is -2.32. The quantitative estimate of drug-likeness (QED) is 0.680. The third-order valence-corrected chi connectivity index (χ3v) is 5.20. The molecule has 2 atom stereocenters. The van der Waals surface area contributed by atoms with Crippen molar-refractivity contribution in [3.63, 3.8) is 0 Å². The molecule has 0 saturated heterocycles. The summed E-state index contributed by atoms with van der Waals surface area (Å²) in [6, 6.07) is 14.4. The molecule has 140 valence electrons. The van der Waals surface area contributed by atoms with E-state index in [1.54, 1.807) is 18.2 Å². The lowest BCUT2D eigenvalue weighted by atomic mass is 9.95. The van der Waals surface area contributed by atoms with Crippen molar-refractivity contribution < 1.29 is 13.2 Å². The molecule has 5 nitrogen and oxygen atoms in total. The lowest BCUT2D eigenvalue weighted by Gasteiger charge is -2.22. The monoisotopic (exact) mass is 438 g/mol. The summed E-state index contributed by atoms with van der Waals surface area (Å²) in [5, 5.41) is 3.00. The summed E-state index contributed by atoms with van der Waals surface area (Å²) in [5.74, 6) is -0.350. The summed E-state index contributed by atoms with van der Waals surface area (Å²) in [6.45, 7) is 3.81. The molecule has 0 aliphatic heterocycles. The molecule has 1 amide bonds. The molecular weight excluding hydrogens is 416 g/mol. The number of rotatable bonds is 7. The fourth-order valence-corrected chi connectivity index (χ4v) is 3.68. The number of hydrogen-bond donors (Lipinski definition) is 2. The van der Waals surface area contributed by atoms with Gasteiger partial charge in [0.1, 0.15) is 0 Å². The molecule has 2 rings (SSSR count). The molecule has 0 aliphatic rings. The topological polar surface area (TPSA) is 75.3 Å². The maximum Gasteiger partial charge on any atom is 0.229 e. The molecule has 0 radical (unpaired) electrons. The Morgan fingerprint density at radius 3 is 2.31 bits per heavy atom. The summed E-state index contributed by atoms with van der Waals surface area (Å²) < 4.78 is 26.6. The van der Waals surface area contributed by atoms with E-state index in [2.05, 4.69) is 26.0 Å². The van der Waals surface area contributed by atoms with E-state index in [-0.39, 0.29) is 17.9 Å². The summed E-state index contributed by atoms with van der Waals surface area (Å²) in [6.07, 6.45) is 1.77. The van der Waals surface area contributed by atoms with Gasteiger partial charge in [-0.15, -0.1) is 0 Å². The molecule has 0 aromatic heterocycles. The van der Waals surface area contributed by atoms with Crippen LogP contribution in [0, 0.1) is 0 Å². The molecule has 26 heavy (non-hydrogen) atoms. The standard InChI is InChI=1S/C19H23BrN2O3S/c1-4-16(14-9-11-15(20)12-10-14)19(23)21-13(2)17-7-5-6-8-18(17)22-26(3,24)25/h5-13,16,22H,4H2,1-3H3,(H,21,23). The number of carbonyl (C=O) groups excluding carboxylic acids is 1. The zero-order valence-electron chi connectivity index (χ0n) is 15.0. The van der Waals surface area contributed by atoms with Crippen LogP contribution in [0.2, 0.25) is 0 Å². The molecular formula is C19H23BrN2O3S. The third kappa shape index (κ3) is 5.57. The van der Waals surface area contributed by atoms with Gasteiger partial charge in [-0.05, 0) is 42.7 Å². The van der Waals surface area contributed by atoms with Crippen molar-refractivity contribution >= 4 is 37.5 Å². The normalized spacial score (nSPS) is 13.7. The number of sulfonamides is 1. The number of nitrogens with one attached hydrogen (secondary N) is 2. The van der Waals surface area contributed by atoms with Crippen LogP contribution in [-0.2, 0) is 14.8 Å². The first-order chi connectivity index (χ1) is 12.2. The summed E-state index contributed by atoms with van der Waals surface area (Å²) in [7, 11) is -3.40. The smallest absolute Gasteiger partial charge is 0.229 e. The number of carbonyl (C=O) groups is 1. The molecule has 2 aromatic rings. The first kappa shape index (κ1) is 20.5. The van der Waals surface area contributed by atoms with Crippen LogP contribution in [0.4, 0.5) is 5.69 Å². The fraction of sp³-hybridized carbons (Fsp3) is 0.316. The van der Waals surface area contributed by atoms with Crippen molar-refractivity contribution in [2.24, 2.45) is 0 Å². The van der Waals surface area contributed by atoms with Gasteiger partial charge >= 0.3 is 0 Å². The van der Waals surface area contributed by atoms with Crippen LogP contribution in [0.15, 0.2) is 53.0 Å². The minimum absolute atomic E-state index is 0.0866. The van der Waals surface area contributed by atoms with Crippen molar-refractivity contribution in [1.29, 1.82) is 0 Å². The number of hydrogen-bond acceptors (Lipinski definition) is 3. The predicted octanol–water partition coefficient (Wildman–Crippen LogP) is 4.19. The van der Waals surface area contributed by atoms with Crippen molar-refractivity contribution in [1.82, 2.24) is 5.32 Å². The van der Waals surface area contributed by atoms with Gasteiger partial charge in [-0.2, -0.15) is 0 Å². The molecule has 0 fully saturated rings. The number of benzene rings is 2. The number of anilines is 1. The zero-order valence-corrected chi connectivity index (χ0v) is 17.4. The molecule has 0 spiro atoms. The first-order valence-electron chi connectivity index (χ1n) is 8.33. The van der Waals surface area contributed by atoms with Gasteiger partial charge in [0, 0.05) is 4.47 Å². The average molecular weight is 439 g/mol.